The summed E-state index contributed by atoms with van der Waals surface area (Å²) in [6.45, 7) is 5.73. The molecule has 1 amide bonds. The number of carbonyl (C=O) groups excluding carboxylic acids is 1. The molecule has 0 spiro atoms. The van der Waals surface area contributed by atoms with Crippen LogP contribution in [0.3, 0.4) is 0 Å². The highest BCUT2D eigenvalue weighted by Crippen LogP contribution is 2.48. The van der Waals surface area contributed by atoms with Gasteiger partial charge in [0.1, 0.15) is 0 Å². The SMILES string of the molecule is CC#CC[C@H](C)[C@H](O)/C=C/[C@@H]1[C@H]2CC(CCCCC(=O)N3CCCC3)=C[C@H]2C[C@H]1O. The van der Waals surface area contributed by atoms with Crippen LogP contribution in [-0.4, -0.2) is 46.3 Å². The Kier molecular flexibility index (Phi) is 8.60. The quantitative estimate of drug-likeness (QED) is 0.340. The number of aliphatic hydroxyl groups excluding tert-OH is 2. The third kappa shape index (κ3) is 5.99. The Morgan fingerprint density at radius 2 is 2.10 bits per heavy atom. The van der Waals surface area contributed by atoms with E-state index in [4.69, 9.17) is 0 Å². The topological polar surface area (TPSA) is 60.8 Å². The Bertz CT molecular complexity index is 695. The third-order valence-electron chi connectivity index (χ3n) is 7.26. The second-order valence-electron chi connectivity index (χ2n) is 9.52. The van der Waals surface area contributed by atoms with Crippen molar-refractivity contribution in [2.45, 2.75) is 83.8 Å². The Labute approximate surface area is 182 Å². The Morgan fingerprint density at radius 3 is 2.83 bits per heavy atom. The van der Waals surface area contributed by atoms with Gasteiger partial charge in [-0.15, -0.1) is 11.8 Å². The van der Waals surface area contributed by atoms with Gasteiger partial charge < -0.3 is 15.1 Å². The fourth-order valence-electron chi connectivity index (χ4n) is 5.36. The largest absolute Gasteiger partial charge is 0.392 e. The highest BCUT2D eigenvalue weighted by molar-refractivity contribution is 5.76. The minimum Gasteiger partial charge on any atom is -0.392 e. The zero-order valence-electron chi connectivity index (χ0n) is 18.7. The van der Waals surface area contributed by atoms with Crippen molar-refractivity contribution in [1.29, 1.82) is 0 Å². The van der Waals surface area contributed by atoms with Crippen LogP contribution < -0.4 is 0 Å². The van der Waals surface area contributed by atoms with Crippen molar-refractivity contribution in [3.63, 3.8) is 0 Å². The molecule has 0 aromatic rings. The first-order chi connectivity index (χ1) is 14.5. The molecule has 4 heteroatoms. The first-order valence-electron chi connectivity index (χ1n) is 11.9. The van der Waals surface area contributed by atoms with Gasteiger partial charge in [-0.1, -0.05) is 30.7 Å². The first-order valence-corrected chi connectivity index (χ1v) is 11.9. The van der Waals surface area contributed by atoms with E-state index in [1.54, 1.807) is 0 Å². The fourth-order valence-corrected chi connectivity index (χ4v) is 5.36. The lowest BCUT2D eigenvalue weighted by Crippen LogP contribution is -2.27. The van der Waals surface area contributed by atoms with Gasteiger partial charge in [0.15, 0.2) is 0 Å². The maximum absolute atomic E-state index is 12.2. The van der Waals surface area contributed by atoms with E-state index in [-0.39, 0.29) is 17.9 Å². The van der Waals surface area contributed by atoms with E-state index in [1.807, 2.05) is 24.8 Å². The van der Waals surface area contributed by atoms with Crippen molar-refractivity contribution < 1.29 is 15.0 Å². The molecule has 0 unspecified atom stereocenters. The fraction of sp³-hybridized carbons (Fsp3) is 0.731. The summed E-state index contributed by atoms with van der Waals surface area (Å²) < 4.78 is 0. The normalized spacial score (nSPS) is 30.1. The van der Waals surface area contributed by atoms with Gasteiger partial charge in [0.2, 0.25) is 5.91 Å². The molecule has 1 saturated carbocycles. The summed E-state index contributed by atoms with van der Waals surface area (Å²) in [6.07, 6.45) is 14.2. The van der Waals surface area contributed by atoms with E-state index in [0.29, 0.717) is 30.6 Å². The number of hydrogen-bond donors (Lipinski definition) is 2. The number of carbonyl (C=O) groups is 1. The summed E-state index contributed by atoms with van der Waals surface area (Å²) in [6, 6.07) is 0. The Hall–Kier alpha value is -1.57. The number of fused-ring (bicyclic) bond motifs is 1. The van der Waals surface area contributed by atoms with E-state index in [9.17, 15) is 15.0 Å². The van der Waals surface area contributed by atoms with Gasteiger partial charge in [0.05, 0.1) is 12.2 Å². The smallest absolute Gasteiger partial charge is 0.222 e. The highest BCUT2D eigenvalue weighted by Gasteiger charge is 2.43. The van der Waals surface area contributed by atoms with Gasteiger partial charge >= 0.3 is 0 Å². The summed E-state index contributed by atoms with van der Waals surface area (Å²) in [5, 5.41) is 20.9. The molecular formula is C26H39NO3. The van der Waals surface area contributed by atoms with Gasteiger partial charge in [-0.2, -0.15) is 0 Å². The third-order valence-corrected chi connectivity index (χ3v) is 7.26. The molecule has 166 valence electrons. The van der Waals surface area contributed by atoms with Crippen molar-refractivity contribution in [2.24, 2.45) is 23.7 Å². The molecule has 6 atom stereocenters. The molecule has 2 N–H and O–H groups in total. The molecule has 3 rings (SSSR count). The number of likely N-dealkylation sites (tertiary alicyclic amines) is 1. The number of allylic oxidation sites excluding steroid dienone is 2. The minimum atomic E-state index is -0.515. The number of aliphatic hydroxyl groups is 2. The number of nitrogens with zero attached hydrogens (tertiary/aromatic N) is 1. The van der Waals surface area contributed by atoms with Crippen LogP contribution in [0.4, 0.5) is 0 Å². The monoisotopic (exact) mass is 413 g/mol. The lowest BCUT2D eigenvalue weighted by Gasteiger charge is -2.20. The molecule has 1 saturated heterocycles. The second kappa shape index (κ2) is 11.2. The van der Waals surface area contributed by atoms with E-state index in [1.165, 1.54) is 5.57 Å². The molecule has 30 heavy (non-hydrogen) atoms. The molecule has 0 aromatic carbocycles. The van der Waals surface area contributed by atoms with Crippen molar-refractivity contribution in [2.75, 3.05) is 13.1 Å². The van der Waals surface area contributed by atoms with E-state index < -0.39 is 6.10 Å². The van der Waals surface area contributed by atoms with Crippen LogP contribution in [0.5, 0.6) is 0 Å². The van der Waals surface area contributed by atoms with Crippen LogP contribution in [0.15, 0.2) is 23.8 Å². The molecule has 4 nitrogen and oxygen atoms in total. The predicted octanol–water partition coefficient (Wildman–Crippen LogP) is 4.08. The molecule has 2 aliphatic carbocycles. The molecule has 1 heterocycles. The lowest BCUT2D eigenvalue weighted by atomic mass is 9.88. The van der Waals surface area contributed by atoms with Gasteiger partial charge in [0.25, 0.3) is 0 Å². The molecular weight excluding hydrogens is 374 g/mol. The van der Waals surface area contributed by atoms with Crippen LogP contribution in [0, 0.1) is 35.5 Å². The van der Waals surface area contributed by atoms with Crippen molar-refractivity contribution in [1.82, 2.24) is 4.90 Å². The van der Waals surface area contributed by atoms with E-state index >= 15 is 0 Å². The Morgan fingerprint density at radius 1 is 1.33 bits per heavy atom. The number of unbranched alkanes of at least 4 members (excludes halogenated alkanes) is 1. The summed E-state index contributed by atoms with van der Waals surface area (Å²) in [7, 11) is 0. The minimum absolute atomic E-state index is 0.101. The number of amides is 1. The molecule has 2 fully saturated rings. The highest BCUT2D eigenvalue weighted by atomic mass is 16.3. The van der Waals surface area contributed by atoms with E-state index in [0.717, 1.165) is 58.0 Å². The van der Waals surface area contributed by atoms with Crippen LogP contribution in [0.25, 0.3) is 0 Å². The standard InChI is InChI=1S/C26H39NO3/c1-3-4-9-19(2)24(28)13-12-22-23-17-20(16-21(23)18-25(22)29)10-5-6-11-26(30)27-14-7-8-15-27/h12-13,16,19,21-25,28-29H,5-11,14-15,17-18H2,1-2H3/b13-12+/t19-,21-,22+,23-,24+,25+/m0/s1. The summed E-state index contributed by atoms with van der Waals surface area (Å²) in [5.41, 5.74) is 1.50. The van der Waals surface area contributed by atoms with Gasteiger partial charge in [-0.3, -0.25) is 4.79 Å². The number of rotatable bonds is 9. The molecule has 0 aromatic heterocycles. The maximum atomic E-state index is 12.2. The summed E-state index contributed by atoms with van der Waals surface area (Å²) >= 11 is 0. The summed E-state index contributed by atoms with van der Waals surface area (Å²) in [4.78, 5) is 14.2. The van der Waals surface area contributed by atoms with Crippen LogP contribution >= 0.6 is 0 Å². The zero-order valence-corrected chi connectivity index (χ0v) is 18.7. The van der Waals surface area contributed by atoms with Crippen LogP contribution in [-0.2, 0) is 4.79 Å². The lowest BCUT2D eigenvalue weighted by molar-refractivity contribution is -0.130. The van der Waals surface area contributed by atoms with Crippen molar-refractivity contribution in [3.05, 3.63) is 23.8 Å². The molecule has 0 radical (unpaired) electrons. The van der Waals surface area contributed by atoms with Crippen molar-refractivity contribution >= 4 is 5.91 Å². The predicted molar refractivity (Wildman–Crippen MR) is 120 cm³/mol. The average Bonchev–Trinajstić information content (AvgIpc) is 3.44. The second-order valence-corrected chi connectivity index (χ2v) is 9.52. The maximum Gasteiger partial charge on any atom is 0.222 e. The van der Waals surface area contributed by atoms with Crippen LogP contribution in [0.1, 0.15) is 71.6 Å². The van der Waals surface area contributed by atoms with E-state index in [2.05, 4.69) is 24.0 Å². The molecule has 0 bridgehead atoms. The van der Waals surface area contributed by atoms with Gasteiger partial charge in [0, 0.05) is 31.8 Å². The first kappa shape index (κ1) is 23.1. The average molecular weight is 414 g/mol. The zero-order chi connectivity index (χ0) is 21.5. The van der Waals surface area contributed by atoms with Gasteiger partial charge in [-0.05, 0) is 69.6 Å². The molecule has 1 aliphatic heterocycles. The van der Waals surface area contributed by atoms with Gasteiger partial charge in [-0.25, -0.2) is 0 Å². The molecule has 3 aliphatic rings. The summed E-state index contributed by atoms with van der Waals surface area (Å²) in [5.74, 6) is 7.37. The van der Waals surface area contributed by atoms with Crippen molar-refractivity contribution in [3.8, 4) is 11.8 Å². The number of hydrogen-bond acceptors (Lipinski definition) is 3. The Balaban J connectivity index is 1.42. The van der Waals surface area contributed by atoms with Crippen LogP contribution in [0.2, 0.25) is 0 Å².